The van der Waals surface area contributed by atoms with E-state index in [2.05, 4.69) is 25.4 Å². The van der Waals surface area contributed by atoms with Gasteiger partial charge in [-0.3, -0.25) is 4.98 Å². The Balaban J connectivity index is 1.77. The lowest BCUT2D eigenvalue weighted by Gasteiger charge is -2.19. The number of rotatable bonds is 4. The highest BCUT2D eigenvalue weighted by atomic mass is 19.4. The summed E-state index contributed by atoms with van der Waals surface area (Å²) in [5, 5.41) is 15.5. The molecule has 0 saturated carbocycles. The highest BCUT2D eigenvalue weighted by Crippen LogP contribution is 2.41. The van der Waals surface area contributed by atoms with Gasteiger partial charge in [-0.15, -0.1) is 0 Å². The smallest absolute Gasteiger partial charge is 0.375 e. The molecule has 34 heavy (non-hydrogen) atoms. The molecule has 0 amide bonds. The third kappa shape index (κ3) is 4.34. The first-order valence-corrected chi connectivity index (χ1v) is 9.59. The minimum absolute atomic E-state index is 0.00330. The van der Waals surface area contributed by atoms with Crippen LogP contribution in [0.25, 0.3) is 16.7 Å². The molecule has 0 aliphatic carbocycles. The van der Waals surface area contributed by atoms with Gasteiger partial charge in [-0.05, 0) is 37.3 Å². The molecule has 0 unspecified atom stereocenters. The molecule has 0 bridgehead atoms. The number of nitrogens with zero attached hydrogens (tertiary/aromatic N) is 6. The Kier molecular flexibility index (Phi) is 5.60. The molecule has 3 aromatic heterocycles. The van der Waals surface area contributed by atoms with Crippen molar-refractivity contribution in [1.82, 2.24) is 24.7 Å². The zero-order valence-corrected chi connectivity index (χ0v) is 17.1. The molecule has 1 atom stereocenters. The first-order chi connectivity index (χ1) is 16.0. The topological polar surface area (TPSA) is 92.3 Å². The molecule has 4 rings (SSSR count). The minimum atomic E-state index is -5.04. The summed E-state index contributed by atoms with van der Waals surface area (Å²) in [6.07, 6.45) is -6.41. The van der Waals surface area contributed by atoms with Gasteiger partial charge in [0.25, 0.3) is 0 Å². The van der Waals surface area contributed by atoms with Crippen LogP contribution in [0, 0.1) is 11.3 Å². The predicted octanol–water partition coefficient (Wildman–Crippen LogP) is 5.29. The molecule has 1 aromatic carbocycles. The average molecular weight is 477 g/mol. The van der Waals surface area contributed by atoms with E-state index in [0.29, 0.717) is 17.4 Å². The lowest BCUT2D eigenvalue weighted by molar-refractivity contribution is -0.142. The van der Waals surface area contributed by atoms with Crippen molar-refractivity contribution in [1.29, 1.82) is 5.26 Å². The maximum absolute atomic E-state index is 13.5. The van der Waals surface area contributed by atoms with Gasteiger partial charge in [0, 0.05) is 23.5 Å². The number of fused-ring (bicyclic) bond motifs is 1. The van der Waals surface area contributed by atoms with Crippen LogP contribution in [0.3, 0.4) is 0 Å². The van der Waals surface area contributed by atoms with E-state index in [1.54, 1.807) is 6.92 Å². The number of nitrogens with one attached hydrogen (secondary N) is 1. The maximum Gasteiger partial charge on any atom is 0.418 e. The number of halogens is 6. The molecule has 0 spiro atoms. The lowest BCUT2D eigenvalue weighted by atomic mass is 10.0. The first kappa shape index (κ1) is 23.0. The van der Waals surface area contributed by atoms with E-state index in [4.69, 9.17) is 5.26 Å². The van der Waals surface area contributed by atoms with Crippen molar-refractivity contribution in [2.24, 2.45) is 0 Å². The number of hydrogen-bond donors (Lipinski definition) is 1. The van der Waals surface area contributed by atoms with Crippen LogP contribution in [0.5, 0.6) is 0 Å². The Morgan fingerprint density at radius 2 is 1.76 bits per heavy atom. The average Bonchev–Trinajstić information content (AvgIpc) is 3.27. The molecular formula is C21H13F6N7. The third-order valence-electron chi connectivity index (χ3n) is 4.91. The standard InChI is InChI=1S/C21H13F6N7/c1-11(19-31-10-32-34(19)17-3-2-12(8-28)9-30-17)33-16-4-5-29-18-14(16)6-13(20(22,23)24)7-15(18)21(25,26)27/h2-7,9-11H,1H3,(H,29,33)/t11-/m0/s1. The molecule has 4 aromatic rings. The van der Waals surface area contributed by atoms with Crippen molar-refractivity contribution < 1.29 is 26.3 Å². The summed E-state index contributed by atoms with van der Waals surface area (Å²) in [6, 6.07) is 6.21. The van der Waals surface area contributed by atoms with E-state index >= 15 is 0 Å². The highest BCUT2D eigenvalue weighted by molar-refractivity contribution is 5.94. The summed E-state index contributed by atoms with van der Waals surface area (Å²) < 4.78 is 81.9. The summed E-state index contributed by atoms with van der Waals surface area (Å²) in [5.74, 6) is 0.601. The Morgan fingerprint density at radius 1 is 1.00 bits per heavy atom. The second-order valence-electron chi connectivity index (χ2n) is 7.19. The third-order valence-corrected chi connectivity index (χ3v) is 4.91. The van der Waals surface area contributed by atoms with Crippen LogP contribution in [0.15, 0.2) is 49.1 Å². The summed E-state index contributed by atoms with van der Waals surface area (Å²) in [6.45, 7) is 1.61. The Labute approximate surface area is 187 Å². The van der Waals surface area contributed by atoms with E-state index in [0.717, 1.165) is 6.20 Å². The second kappa shape index (κ2) is 8.29. The Bertz CT molecular complexity index is 1380. The number of alkyl halides is 6. The molecule has 3 heterocycles. The fourth-order valence-electron chi connectivity index (χ4n) is 3.36. The molecule has 1 N–H and O–H groups in total. The maximum atomic E-state index is 13.5. The van der Waals surface area contributed by atoms with Crippen LogP contribution in [0.2, 0.25) is 0 Å². The summed E-state index contributed by atoms with van der Waals surface area (Å²) in [5.41, 5.74) is -3.23. The van der Waals surface area contributed by atoms with Crippen LogP contribution in [-0.4, -0.2) is 24.7 Å². The summed E-state index contributed by atoms with van der Waals surface area (Å²) in [4.78, 5) is 11.9. The molecule has 0 radical (unpaired) electrons. The second-order valence-corrected chi connectivity index (χ2v) is 7.19. The molecule has 0 saturated heterocycles. The number of hydrogen-bond acceptors (Lipinski definition) is 6. The monoisotopic (exact) mass is 477 g/mol. The zero-order chi connectivity index (χ0) is 24.7. The van der Waals surface area contributed by atoms with Crippen LogP contribution < -0.4 is 5.32 Å². The molecular weight excluding hydrogens is 464 g/mol. The van der Waals surface area contributed by atoms with Crippen molar-refractivity contribution in [3.63, 3.8) is 0 Å². The van der Waals surface area contributed by atoms with Gasteiger partial charge in [0.1, 0.15) is 12.4 Å². The number of aromatic nitrogens is 5. The Hall–Kier alpha value is -4.21. The highest BCUT2D eigenvalue weighted by Gasteiger charge is 2.39. The van der Waals surface area contributed by atoms with Gasteiger partial charge in [0.05, 0.1) is 28.2 Å². The molecule has 174 valence electrons. The van der Waals surface area contributed by atoms with Gasteiger partial charge in [0.2, 0.25) is 0 Å². The number of benzene rings is 1. The van der Waals surface area contributed by atoms with E-state index in [1.165, 1.54) is 35.4 Å². The van der Waals surface area contributed by atoms with E-state index in [9.17, 15) is 26.3 Å². The van der Waals surface area contributed by atoms with Crippen molar-refractivity contribution >= 4 is 16.6 Å². The molecule has 13 heteroatoms. The van der Waals surface area contributed by atoms with Crippen LogP contribution in [-0.2, 0) is 12.4 Å². The SMILES string of the molecule is C[C@H](Nc1ccnc2c(C(F)(F)F)cc(C(F)(F)F)cc12)c1ncnn1-c1ccc(C#N)cn1. The van der Waals surface area contributed by atoms with Crippen molar-refractivity contribution in [2.45, 2.75) is 25.3 Å². The van der Waals surface area contributed by atoms with Crippen molar-refractivity contribution in [3.8, 4) is 11.9 Å². The van der Waals surface area contributed by atoms with Gasteiger partial charge in [-0.25, -0.2) is 9.97 Å². The quantitative estimate of drug-likeness (QED) is 0.402. The largest absolute Gasteiger partial charge is 0.418 e. The van der Waals surface area contributed by atoms with Gasteiger partial charge < -0.3 is 5.32 Å². The van der Waals surface area contributed by atoms with Crippen LogP contribution in [0.1, 0.15) is 35.5 Å². The first-order valence-electron chi connectivity index (χ1n) is 9.59. The predicted molar refractivity (Wildman–Crippen MR) is 108 cm³/mol. The fraction of sp³-hybridized carbons (Fsp3) is 0.190. The number of pyridine rings is 2. The van der Waals surface area contributed by atoms with Crippen molar-refractivity contribution in [2.75, 3.05) is 5.32 Å². The van der Waals surface area contributed by atoms with Crippen LogP contribution >= 0.6 is 0 Å². The van der Waals surface area contributed by atoms with Crippen molar-refractivity contribution in [3.05, 3.63) is 71.6 Å². The lowest BCUT2D eigenvalue weighted by Crippen LogP contribution is -2.16. The summed E-state index contributed by atoms with van der Waals surface area (Å²) >= 11 is 0. The van der Waals surface area contributed by atoms with E-state index in [-0.39, 0.29) is 23.0 Å². The fourth-order valence-corrected chi connectivity index (χ4v) is 3.36. The zero-order valence-electron chi connectivity index (χ0n) is 17.1. The van der Waals surface area contributed by atoms with Gasteiger partial charge in [-0.1, -0.05) is 0 Å². The molecule has 0 aliphatic heterocycles. The van der Waals surface area contributed by atoms with E-state index in [1.807, 2.05) is 6.07 Å². The number of anilines is 1. The molecule has 0 aliphatic rings. The van der Waals surface area contributed by atoms with Gasteiger partial charge in [-0.2, -0.15) is 41.4 Å². The van der Waals surface area contributed by atoms with Crippen LogP contribution in [0.4, 0.5) is 32.0 Å². The van der Waals surface area contributed by atoms with E-state index < -0.39 is 35.0 Å². The summed E-state index contributed by atoms with van der Waals surface area (Å²) in [7, 11) is 0. The number of nitriles is 1. The minimum Gasteiger partial charge on any atom is -0.375 e. The molecule has 0 fully saturated rings. The van der Waals surface area contributed by atoms with Gasteiger partial charge >= 0.3 is 12.4 Å². The molecule has 7 nitrogen and oxygen atoms in total. The van der Waals surface area contributed by atoms with Gasteiger partial charge in [0.15, 0.2) is 11.6 Å². The normalized spacial score (nSPS) is 13.0. The Morgan fingerprint density at radius 3 is 2.38 bits per heavy atom.